The van der Waals surface area contributed by atoms with E-state index in [0.29, 0.717) is 23.8 Å². The second-order valence-corrected chi connectivity index (χ2v) is 8.86. The van der Waals surface area contributed by atoms with Gasteiger partial charge in [-0.2, -0.15) is 0 Å². The number of allylic oxidation sites excluding steroid dienone is 1. The van der Waals surface area contributed by atoms with Crippen molar-refractivity contribution in [3.05, 3.63) is 47.5 Å². The van der Waals surface area contributed by atoms with Gasteiger partial charge in [0, 0.05) is 12.7 Å². The predicted molar refractivity (Wildman–Crippen MR) is 114 cm³/mol. The monoisotopic (exact) mass is 437 g/mol. The second kappa shape index (κ2) is 9.80. The number of amides is 1. The molecule has 0 radical (unpaired) electrons. The van der Waals surface area contributed by atoms with Crippen LogP contribution < -0.4 is 5.32 Å². The molecule has 0 saturated carbocycles. The molecular formula is C19H24ClN5O3S. The number of aliphatic imine (C=N–C) groups is 2. The Bertz CT molecular complexity index is 982. The average molecular weight is 438 g/mol. The Morgan fingerprint density at radius 3 is 2.62 bits per heavy atom. The highest BCUT2D eigenvalue weighted by Gasteiger charge is 2.31. The van der Waals surface area contributed by atoms with Gasteiger partial charge in [0.1, 0.15) is 10.9 Å². The summed E-state index contributed by atoms with van der Waals surface area (Å²) in [5.74, 6) is 0.185. The molecule has 2 rings (SSSR count). The molecule has 1 aromatic heterocycles. The topological polar surface area (TPSA) is 104 Å². The lowest BCUT2D eigenvalue weighted by Gasteiger charge is -2.29. The molecule has 0 fully saturated rings. The molecule has 0 spiro atoms. The molecule has 156 valence electrons. The van der Waals surface area contributed by atoms with Gasteiger partial charge < -0.3 is 5.32 Å². The van der Waals surface area contributed by atoms with Crippen LogP contribution in [0, 0.1) is 0 Å². The highest BCUT2D eigenvalue weighted by molar-refractivity contribution is 7.91. The van der Waals surface area contributed by atoms with Crippen LogP contribution in [0.5, 0.6) is 0 Å². The molecule has 0 atom stereocenters. The number of hydrogen-bond donors (Lipinski definition) is 1. The molecule has 1 amide bonds. The summed E-state index contributed by atoms with van der Waals surface area (Å²) in [5.41, 5.74) is 1.08. The molecule has 10 heteroatoms. The largest absolute Gasteiger partial charge is 0.360 e. The van der Waals surface area contributed by atoms with Crippen molar-refractivity contribution in [2.45, 2.75) is 38.6 Å². The molecular weight excluding hydrogens is 414 g/mol. The first kappa shape index (κ1) is 22.8. The number of pyridine rings is 1. The number of carbonyl (C=O) groups excluding carboxylic acids is 1. The minimum Gasteiger partial charge on any atom is -0.360 e. The van der Waals surface area contributed by atoms with Crippen LogP contribution in [0.4, 0.5) is 0 Å². The molecule has 1 aliphatic heterocycles. The Morgan fingerprint density at radius 1 is 1.38 bits per heavy atom. The van der Waals surface area contributed by atoms with E-state index in [4.69, 9.17) is 11.6 Å². The van der Waals surface area contributed by atoms with Gasteiger partial charge in [0.25, 0.3) is 5.91 Å². The summed E-state index contributed by atoms with van der Waals surface area (Å²) < 4.78 is 23.8. The van der Waals surface area contributed by atoms with Gasteiger partial charge in [-0.05, 0) is 25.5 Å². The smallest absolute Gasteiger partial charge is 0.294 e. The van der Waals surface area contributed by atoms with Gasteiger partial charge in [-0.15, -0.1) is 0 Å². The van der Waals surface area contributed by atoms with E-state index in [1.165, 1.54) is 17.2 Å². The van der Waals surface area contributed by atoms with Crippen molar-refractivity contribution in [2.24, 2.45) is 9.98 Å². The molecule has 8 nitrogen and oxygen atoms in total. The zero-order valence-electron chi connectivity index (χ0n) is 16.6. The van der Waals surface area contributed by atoms with E-state index in [-0.39, 0.29) is 34.1 Å². The molecule has 1 aliphatic rings. The van der Waals surface area contributed by atoms with Crippen LogP contribution >= 0.6 is 11.6 Å². The number of sulfone groups is 1. The quantitative estimate of drug-likeness (QED) is 0.660. The van der Waals surface area contributed by atoms with Gasteiger partial charge >= 0.3 is 0 Å². The first-order chi connectivity index (χ1) is 13.7. The highest BCUT2D eigenvalue weighted by Crippen LogP contribution is 2.17. The number of aromatic nitrogens is 1. The summed E-state index contributed by atoms with van der Waals surface area (Å²) in [7, 11) is -3.31. The molecule has 0 unspecified atom stereocenters. The maximum atomic E-state index is 12.9. The van der Waals surface area contributed by atoms with E-state index in [1.807, 2.05) is 6.92 Å². The number of halogens is 1. The van der Waals surface area contributed by atoms with E-state index in [0.717, 1.165) is 6.42 Å². The van der Waals surface area contributed by atoms with Crippen LogP contribution in [-0.4, -0.2) is 48.2 Å². The number of nitrogens with zero attached hydrogens (tertiary/aromatic N) is 4. The second-order valence-electron chi connectivity index (χ2n) is 6.15. The average Bonchev–Trinajstić information content (AvgIpc) is 2.70. The van der Waals surface area contributed by atoms with Crippen LogP contribution in [-0.2, 0) is 21.2 Å². The number of nitrogens with one attached hydrogen (secondary N) is 1. The third-order valence-corrected chi connectivity index (χ3v) is 5.89. The number of carbonyl (C=O) groups is 1. The summed E-state index contributed by atoms with van der Waals surface area (Å²) in [6, 6.07) is 3.11. The standard InChI is InChI=1S/C19H24ClN5O3S/c1-5-10-25-18(23-13(4)20)16(6-2)24-17(19(25)26)22-11-14-8-9-15(12-21-14)29(27,28)7-3/h6,8-9,12H,4-5,7,10-11H2,1-3H3,(H,22,24)/b16-6+,23-18+. The molecule has 0 bridgehead atoms. The predicted octanol–water partition coefficient (Wildman–Crippen LogP) is 2.63. The summed E-state index contributed by atoms with van der Waals surface area (Å²) in [6.45, 7) is 9.53. The fraction of sp³-hybridized carbons (Fsp3) is 0.368. The zero-order valence-corrected chi connectivity index (χ0v) is 18.2. The third kappa shape index (κ3) is 5.51. The van der Waals surface area contributed by atoms with Gasteiger partial charge in [-0.25, -0.2) is 18.4 Å². The number of rotatable bonds is 7. The fourth-order valence-electron chi connectivity index (χ4n) is 2.59. The SMILES string of the molecule is C=C(Cl)/N=C1\C(=C/C)N=C(NCc2ccc(S(=O)(=O)CC)cn2)C(=O)N1CCC. The van der Waals surface area contributed by atoms with Crippen molar-refractivity contribution < 1.29 is 13.2 Å². The lowest BCUT2D eigenvalue weighted by atomic mass is 10.2. The summed E-state index contributed by atoms with van der Waals surface area (Å²) in [4.78, 5) is 27.2. The Labute approximate surface area is 176 Å². The van der Waals surface area contributed by atoms with Crippen molar-refractivity contribution in [1.82, 2.24) is 15.2 Å². The maximum absolute atomic E-state index is 12.9. The molecule has 0 saturated heterocycles. The normalized spacial score (nSPS) is 17.6. The maximum Gasteiger partial charge on any atom is 0.294 e. The van der Waals surface area contributed by atoms with Crippen LogP contribution in [0.3, 0.4) is 0 Å². The molecule has 2 heterocycles. The first-order valence-electron chi connectivity index (χ1n) is 9.15. The van der Waals surface area contributed by atoms with Crippen molar-refractivity contribution in [1.29, 1.82) is 0 Å². The lowest BCUT2D eigenvalue weighted by Crippen LogP contribution is -2.50. The van der Waals surface area contributed by atoms with Crippen LogP contribution in [0.25, 0.3) is 0 Å². The Balaban J connectivity index is 2.25. The number of amidine groups is 2. The van der Waals surface area contributed by atoms with Crippen molar-refractivity contribution in [3.8, 4) is 0 Å². The van der Waals surface area contributed by atoms with E-state index < -0.39 is 9.84 Å². The van der Waals surface area contributed by atoms with E-state index in [1.54, 1.807) is 26.0 Å². The zero-order chi connectivity index (χ0) is 21.6. The molecule has 1 N–H and O–H groups in total. The Hall–Kier alpha value is -2.52. The molecule has 0 aromatic carbocycles. The molecule has 1 aromatic rings. The number of hydrogen-bond acceptors (Lipinski definition) is 7. The molecule has 0 aliphatic carbocycles. The van der Waals surface area contributed by atoms with Crippen molar-refractivity contribution >= 4 is 39.0 Å². The molecule has 29 heavy (non-hydrogen) atoms. The first-order valence-corrected chi connectivity index (χ1v) is 11.2. The van der Waals surface area contributed by atoms with Gasteiger partial charge in [-0.3, -0.25) is 14.7 Å². The van der Waals surface area contributed by atoms with Crippen LogP contribution in [0.15, 0.2) is 56.7 Å². The van der Waals surface area contributed by atoms with E-state index in [2.05, 4.69) is 26.9 Å². The minimum absolute atomic E-state index is 0.00951. The van der Waals surface area contributed by atoms with Gasteiger partial charge in [0.05, 0.1) is 22.9 Å². The lowest BCUT2D eigenvalue weighted by molar-refractivity contribution is -0.121. The highest BCUT2D eigenvalue weighted by atomic mass is 35.5. The van der Waals surface area contributed by atoms with Gasteiger partial charge in [-0.1, -0.05) is 38.1 Å². The fourth-order valence-corrected chi connectivity index (χ4v) is 3.50. The van der Waals surface area contributed by atoms with E-state index >= 15 is 0 Å². The van der Waals surface area contributed by atoms with Crippen LogP contribution in [0.1, 0.15) is 32.9 Å². The summed E-state index contributed by atoms with van der Waals surface area (Å²) in [5, 5.41) is 3.04. The van der Waals surface area contributed by atoms with Gasteiger partial charge in [0.2, 0.25) is 0 Å². The summed E-state index contributed by atoms with van der Waals surface area (Å²) >= 11 is 5.82. The van der Waals surface area contributed by atoms with Crippen LogP contribution in [0.2, 0.25) is 0 Å². The Morgan fingerprint density at radius 2 is 2.10 bits per heavy atom. The minimum atomic E-state index is -3.31. The van der Waals surface area contributed by atoms with Crippen molar-refractivity contribution in [2.75, 3.05) is 12.3 Å². The summed E-state index contributed by atoms with van der Waals surface area (Å²) in [6.07, 6.45) is 3.77. The third-order valence-electron chi connectivity index (χ3n) is 4.09. The van der Waals surface area contributed by atoms with E-state index in [9.17, 15) is 13.2 Å². The van der Waals surface area contributed by atoms with Crippen molar-refractivity contribution in [3.63, 3.8) is 0 Å². The van der Waals surface area contributed by atoms with Gasteiger partial charge in [0.15, 0.2) is 21.5 Å². The Kier molecular flexibility index (Phi) is 7.69.